The molecular formula is C10H10F3N3O3S. The van der Waals surface area contributed by atoms with E-state index in [4.69, 9.17) is 5.73 Å². The van der Waals surface area contributed by atoms with Gasteiger partial charge in [-0.05, 0) is 12.1 Å². The Hall–Kier alpha value is -1.68. The molecule has 1 amide bonds. The number of carbonyl (C=O) groups is 1. The van der Waals surface area contributed by atoms with Crippen molar-refractivity contribution in [3.63, 3.8) is 0 Å². The average molecular weight is 309 g/mol. The minimum atomic E-state index is -4.69. The largest absolute Gasteiger partial charge is 0.394 e. The maximum Gasteiger partial charge on any atom is 0.394 e. The number of sulfonamides is 1. The summed E-state index contributed by atoms with van der Waals surface area (Å²) in [5, 5.41) is -0.525. The molecule has 2 rings (SSSR count). The standard InChI is InChI=1S/C10H10F3N3O3S/c11-10(12,13)6(4-14)5-16-9(17)7-2-1-3-15-8(7)20(16,18)19/h1-3,6H,4-5,14H2. The van der Waals surface area contributed by atoms with Crippen molar-refractivity contribution in [1.82, 2.24) is 9.29 Å². The third-order valence-corrected chi connectivity index (χ3v) is 4.61. The summed E-state index contributed by atoms with van der Waals surface area (Å²) in [7, 11) is -4.34. The summed E-state index contributed by atoms with van der Waals surface area (Å²) in [4.78, 5) is 15.4. The summed E-state index contributed by atoms with van der Waals surface area (Å²) in [6.07, 6.45) is -3.54. The fraction of sp³-hybridized carbons (Fsp3) is 0.400. The van der Waals surface area contributed by atoms with E-state index < -0.39 is 46.1 Å². The van der Waals surface area contributed by atoms with Gasteiger partial charge in [0.05, 0.1) is 18.0 Å². The quantitative estimate of drug-likeness (QED) is 0.870. The second-order valence-corrected chi connectivity index (χ2v) is 5.95. The molecule has 1 unspecified atom stereocenters. The van der Waals surface area contributed by atoms with Crippen molar-refractivity contribution in [2.75, 3.05) is 13.1 Å². The Morgan fingerprint density at radius 1 is 1.40 bits per heavy atom. The molecule has 0 saturated heterocycles. The molecule has 0 saturated carbocycles. The van der Waals surface area contributed by atoms with Crippen LogP contribution < -0.4 is 5.73 Å². The molecule has 20 heavy (non-hydrogen) atoms. The lowest BCUT2D eigenvalue weighted by molar-refractivity contribution is -0.172. The van der Waals surface area contributed by atoms with E-state index in [1.54, 1.807) is 0 Å². The smallest absolute Gasteiger partial charge is 0.330 e. The summed E-state index contributed by atoms with van der Waals surface area (Å²) < 4.78 is 62.2. The predicted molar refractivity (Wildman–Crippen MR) is 61.1 cm³/mol. The molecule has 2 heterocycles. The first-order valence-electron chi connectivity index (χ1n) is 5.48. The second-order valence-electron chi connectivity index (χ2n) is 4.17. The first-order chi connectivity index (χ1) is 9.19. The molecule has 0 bridgehead atoms. The van der Waals surface area contributed by atoms with Crippen molar-refractivity contribution in [1.29, 1.82) is 0 Å². The molecular weight excluding hydrogens is 299 g/mol. The number of amides is 1. The number of alkyl halides is 3. The number of hydrogen-bond acceptors (Lipinski definition) is 5. The van der Waals surface area contributed by atoms with E-state index >= 15 is 0 Å². The highest BCUT2D eigenvalue weighted by Gasteiger charge is 2.48. The first-order valence-corrected chi connectivity index (χ1v) is 6.92. The minimum Gasteiger partial charge on any atom is -0.330 e. The van der Waals surface area contributed by atoms with E-state index in [-0.39, 0.29) is 9.87 Å². The molecule has 110 valence electrons. The van der Waals surface area contributed by atoms with Crippen LogP contribution in [-0.4, -0.2) is 42.9 Å². The monoisotopic (exact) mass is 309 g/mol. The molecule has 2 N–H and O–H groups in total. The van der Waals surface area contributed by atoms with Crippen LogP contribution in [0.1, 0.15) is 10.4 Å². The molecule has 10 heteroatoms. The van der Waals surface area contributed by atoms with Crippen molar-refractivity contribution in [2.45, 2.75) is 11.2 Å². The van der Waals surface area contributed by atoms with Crippen molar-refractivity contribution in [2.24, 2.45) is 11.7 Å². The van der Waals surface area contributed by atoms with Gasteiger partial charge in [-0.3, -0.25) is 4.79 Å². The van der Waals surface area contributed by atoms with Crippen LogP contribution in [0.5, 0.6) is 0 Å². The fourth-order valence-corrected chi connectivity index (χ4v) is 3.33. The Balaban J connectivity index is 2.39. The molecule has 0 fully saturated rings. The second kappa shape index (κ2) is 4.70. The number of nitrogens with zero attached hydrogens (tertiary/aromatic N) is 2. The summed E-state index contributed by atoms with van der Waals surface area (Å²) in [5.41, 5.74) is 4.78. The normalized spacial score (nSPS) is 19.0. The van der Waals surface area contributed by atoms with Gasteiger partial charge in [-0.1, -0.05) is 0 Å². The van der Waals surface area contributed by atoms with Crippen LogP contribution in [0.3, 0.4) is 0 Å². The van der Waals surface area contributed by atoms with Crippen molar-refractivity contribution < 1.29 is 26.4 Å². The Morgan fingerprint density at radius 3 is 2.55 bits per heavy atom. The summed E-state index contributed by atoms with van der Waals surface area (Å²) >= 11 is 0. The van der Waals surface area contributed by atoms with Gasteiger partial charge in [-0.2, -0.15) is 21.6 Å². The van der Waals surface area contributed by atoms with E-state index in [0.29, 0.717) is 0 Å². The third-order valence-electron chi connectivity index (χ3n) is 2.90. The van der Waals surface area contributed by atoms with Gasteiger partial charge in [0.25, 0.3) is 15.9 Å². The van der Waals surface area contributed by atoms with Crippen LogP contribution >= 0.6 is 0 Å². The van der Waals surface area contributed by atoms with Gasteiger partial charge in [0.1, 0.15) is 0 Å². The van der Waals surface area contributed by atoms with E-state index in [1.165, 1.54) is 12.1 Å². The van der Waals surface area contributed by atoms with Crippen LogP contribution in [-0.2, 0) is 10.0 Å². The van der Waals surface area contributed by atoms with Crippen LogP contribution in [0.15, 0.2) is 23.4 Å². The topological polar surface area (TPSA) is 93.4 Å². The number of nitrogens with two attached hydrogens (primary N) is 1. The number of carbonyl (C=O) groups excluding carboxylic acids is 1. The maximum atomic E-state index is 12.7. The average Bonchev–Trinajstić information content (AvgIpc) is 2.55. The van der Waals surface area contributed by atoms with Crippen LogP contribution in [0.2, 0.25) is 0 Å². The lowest BCUT2D eigenvalue weighted by Crippen LogP contribution is -2.43. The molecule has 0 spiro atoms. The van der Waals surface area contributed by atoms with Gasteiger partial charge in [0.2, 0.25) is 0 Å². The predicted octanol–water partition coefficient (Wildman–Crippen LogP) is 0.363. The van der Waals surface area contributed by atoms with Crippen LogP contribution in [0, 0.1) is 5.92 Å². The van der Waals surface area contributed by atoms with Gasteiger partial charge in [-0.25, -0.2) is 9.29 Å². The lowest BCUT2D eigenvalue weighted by atomic mass is 10.1. The molecule has 1 aliphatic rings. The number of pyridine rings is 1. The molecule has 1 atom stereocenters. The van der Waals surface area contributed by atoms with E-state index in [2.05, 4.69) is 4.98 Å². The van der Waals surface area contributed by atoms with Crippen LogP contribution in [0.4, 0.5) is 13.2 Å². The van der Waals surface area contributed by atoms with Gasteiger partial charge in [-0.15, -0.1) is 0 Å². The Morgan fingerprint density at radius 2 is 2.05 bits per heavy atom. The third kappa shape index (κ3) is 2.24. The molecule has 1 aliphatic heterocycles. The SMILES string of the molecule is NCC(CN1C(=O)c2cccnc2S1(=O)=O)C(F)(F)F. The highest BCUT2D eigenvalue weighted by Crippen LogP contribution is 2.32. The van der Waals surface area contributed by atoms with Crippen molar-refractivity contribution in [3.8, 4) is 0 Å². The molecule has 0 radical (unpaired) electrons. The summed E-state index contributed by atoms with van der Waals surface area (Å²) in [6, 6.07) is 2.53. The van der Waals surface area contributed by atoms with Crippen LogP contribution in [0.25, 0.3) is 0 Å². The molecule has 0 aromatic carbocycles. The lowest BCUT2D eigenvalue weighted by Gasteiger charge is -2.23. The number of aromatic nitrogens is 1. The minimum absolute atomic E-state index is 0.176. The zero-order chi connectivity index (χ0) is 15.1. The van der Waals surface area contributed by atoms with E-state index in [1.807, 2.05) is 0 Å². The number of rotatable bonds is 3. The first kappa shape index (κ1) is 14.7. The van der Waals surface area contributed by atoms with Crippen molar-refractivity contribution >= 4 is 15.9 Å². The Bertz CT molecular complexity index is 645. The van der Waals surface area contributed by atoms with E-state index in [0.717, 1.165) is 6.20 Å². The molecule has 1 aromatic rings. The highest BCUT2D eigenvalue weighted by molar-refractivity contribution is 7.90. The number of fused-ring (bicyclic) bond motifs is 1. The number of halogens is 3. The Labute approximate surface area is 112 Å². The van der Waals surface area contributed by atoms with Gasteiger partial charge in [0, 0.05) is 12.7 Å². The zero-order valence-electron chi connectivity index (χ0n) is 9.96. The van der Waals surface area contributed by atoms with Gasteiger partial charge in [0.15, 0.2) is 5.03 Å². The molecule has 1 aromatic heterocycles. The van der Waals surface area contributed by atoms with Gasteiger partial charge >= 0.3 is 6.18 Å². The zero-order valence-corrected chi connectivity index (χ0v) is 10.8. The molecule has 6 nitrogen and oxygen atoms in total. The maximum absolute atomic E-state index is 12.7. The number of hydrogen-bond donors (Lipinski definition) is 1. The van der Waals surface area contributed by atoms with E-state index in [9.17, 15) is 26.4 Å². The highest BCUT2D eigenvalue weighted by atomic mass is 32.2. The Kier molecular flexibility index (Phi) is 3.46. The fourth-order valence-electron chi connectivity index (χ4n) is 1.80. The van der Waals surface area contributed by atoms with Gasteiger partial charge < -0.3 is 5.73 Å². The summed E-state index contributed by atoms with van der Waals surface area (Å²) in [6.45, 7) is -1.86. The summed E-state index contributed by atoms with van der Waals surface area (Å²) in [5.74, 6) is -3.13. The molecule has 0 aliphatic carbocycles. The van der Waals surface area contributed by atoms with Crippen molar-refractivity contribution in [3.05, 3.63) is 23.9 Å².